The lowest BCUT2D eigenvalue weighted by atomic mass is 9.84. The molecule has 2 aromatic rings. The zero-order valence-corrected chi connectivity index (χ0v) is 19.1. The number of aryl methyl sites for hydroxylation is 2. The molecule has 27 heavy (non-hydrogen) atoms. The third kappa shape index (κ3) is 5.34. The van der Waals surface area contributed by atoms with Gasteiger partial charge >= 0.3 is 0 Å². The minimum Gasteiger partial charge on any atom is -0.356 e. The summed E-state index contributed by atoms with van der Waals surface area (Å²) in [7, 11) is 3.81. The second kappa shape index (κ2) is 8.91. The lowest BCUT2D eigenvalue weighted by Crippen LogP contribution is -2.47. The number of halogens is 1. The van der Waals surface area contributed by atoms with Crippen LogP contribution >= 0.6 is 15.9 Å². The molecule has 0 spiro atoms. The molecule has 0 radical (unpaired) electrons. The first-order chi connectivity index (χ1) is 12.7. The molecule has 0 bridgehead atoms. The van der Waals surface area contributed by atoms with Crippen molar-refractivity contribution < 1.29 is 0 Å². The van der Waals surface area contributed by atoms with Crippen molar-refractivity contribution >= 4 is 21.9 Å². The molecule has 1 heterocycles. The normalized spacial score (nSPS) is 13.6. The third-order valence-electron chi connectivity index (χ3n) is 5.08. The topological polar surface area (TPSA) is 54.2 Å². The summed E-state index contributed by atoms with van der Waals surface area (Å²) in [6.45, 7) is 11.6. The van der Waals surface area contributed by atoms with E-state index in [0.29, 0.717) is 0 Å². The highest BCUT2D eigenvalue weighted by Crippen LogP contribution is 2.29. The zero-order valence-electron chi connectivity index (χ0n) is 17.5. The van der Waals surface area contributed by atoms with Crippen molar-refractivity contribution in [2.75, 3.05) is 13.6 Å². The first-order valence-corrected chi connectivity index (χ1v) is 10.2. The monoisotopic (exact) mass is 433 g/mol. The largest absolute Gasteiger partial charge is 0.356 e. The standard InChI is InChI=1S/C21H32BrN5/c1-14(12-17-15(2)26-27(7)16(17)3)25-20(23-6)24-13-21(4,5)18-10-8-9-11-19(18)22/h8-11,14H,12-13H2,1-7H3,(H2,23,24,25). The number of nitrogens with zero attached hydrogens (tertiary/aromatic N) is 3. The number of hydrogen-bond donors (Lipinski definition) is 2. The Morgan fingerprint density at radius 3 is 2.52 bits per heavy atom. The lowest BCUT2D eigenvalue weighted by Gasteiger charge is -2.28. The van der Waals surface area contributed by atoms with E-state index in [0.717, 1.165) is 29.1 Å². The molecule has 0 saturated carbocycles. The summed E-state index contributed by atoms with van der Waals surface area (Å²) in [6.07, 6.45) is 0.917. The van der Waals surface area contributed by atoms with Gasteiger partial charge in [-0.05, 0) is 44.4 Å². The number of guanidine groups is 1. The number of hydrogen-bond acceptors (Lipinski definition) is 2. The summed E-state index contributed by atoms with van der Waals surface area (Å²) in [6, 6.07) is 8.63. The Hall–Kier alpha value is -1.82. The minimum atomic E-state index is -0.0303. The van der Waals surface area contributed by atoms with Gasteiger partial charge in [0.1, 0.15) is 0 Å². The van der Waals surface area contributed by atoms with E-state index in [-0.39, 0.29) is 11.5 Å². The fraction of sp³-hybridized carbons (Fsp3) is 0.524. The van der Waals surface area contributed by atoms with Crippen LogP contribution in [0.15, 0.2) is 33.7 Å². The van der Waals surface area contributed by atoms with E-state index >= 15 is 0 Å². The van der Waals surface area contributed by atoms with Gasteiger partial charge in [0, 0.05) is 42.3 Å². The SMILES string of the molecule is CN=C(NCC(C)(C)c1ccccc1Br)NC(C)Cc1c(C)nn(C)c1C. The molecular weight excluding hydrogens is 402 g/mol. The van der Waals surface area contributed by atoms with Gasteiger partial charge in [0.25, 0.3) is 0 Å². The molecule has 0 aliphatic rings. The van der Waals surface area contributed by atoms with Crippen molar-refractivity contribution in [1.29, 1.82) is 0 Å². The van der Waals surface area contributed by atoms with Gasteiger partial charge in [0.2, 0.25) is 0 Å². The molecule has 0 fully saturated rings. The molecule has 0 aliphatic heterocycles. The summed E-state index contributed by atoms with van der Waals surface area (Å²) in [5.74, 6) is 0.821. The van der Waals surface area contributed by atoms with Crippen LogP contribution in [-0.2, 0) is 18.9 Å². The van der Waals surface area contributed by atoms with Gasteiger partial charge in [-0.15, -0.1) is 0 Å². The molecule has 2 rings (SSSR count). The van der Waals surface area contributed by atoms with Crippen LogP contribution in [0.4, 0.5) is 0 Å². The Kier molecular flexibility index (Phi) is 7.09. The average molecular weight is 434 g/mol. The molecule has 1 aromatic carbocycles. The lowest BCUT2D eigenvalue weighted by molar-refractivity contribution is 0.502. The van der Waals surface area contributed by atoms with Crippen LogP contribution in [0, 0.1) is 13.8 Å². The molecule has 5 nitrogen and oxygen atoms in total. The molecule has 2 N–H and O–H groups in total. The quantitative estimate of drug-likeness (QED) is 0.536. The van der Waals surface area contributed by atoms with E-state index in [2.05, 4.69) is 89.5 Å². The van der Waals surface area contributed by atoms with E-state index < -0.39 is 0 Å². The van der Waals surface area contributed by atoms with Gasteiger partial charge in [-0.2, -0.15) is 5.10 Å². The number of nitrogens with one attached hydrogen (secondary N) is 2. The van der Waals surface area contributed by atoms with Crippen LogP contribution in [0.1, 0.15) is 43.3 Å². The molecule has 6 heteroatoms. The highest BCUT2D eigenvalue weighted by Gasteiger charge is 2.23. The van der Waals surface area contributed by atoms with Crippen molar-refractivity contribution in [2.45, 2.75) is 52.5 Å². The van der Waals surface area contributed by atoms with E-state index in [1.54, 1.807) is 0 Å². The van der Waals surface area contributed by atoms with Crippen molar-refractivity contribution in [3.05, 3.63) is 51.3 Å². The maximum atomic E-state index is 4.51. The predicted molar refractivity (Wildman–Crippen MR) is 118 cm³/mol. The summed E-state index contributed by atoms with van der Waals surface area (Å²) >= 11 is 3.67. The van der Waals surface area contributed by atoms with Crippen LogP contribution in [0.3, 0.4) is 0 Å². The molecule has 148 valence electrons. The first-order valence-electron chi connectivity index (χ1n) is 9.37. The van der Waals surface area contributed by atoms with Crippen LogP contribution in [0.25, 0.3) is 0 Å². The maximum absolute atomic E-state index is 4.51. The Balaban J connectivity index is 1.98. The predicted octanol–water partition coefficient (Wildman–Crippen LogP) is 3.87. The van der Waals surface area contributed by atoms with Gasteiger partial charge < -0.3 is 10.6 Å². The first kappa shape index (κ1) is 21.5. The number of rotatable bonds is 6. The molecule has 1 aromatic heterocycles. The van der Waals surface area contributed by atoms with Gasteiger partial charge in [0.15, 0.2) is 5.96 Å². The highest BCUT2D eigenvalue weighted by molar-refractivity contribution is 9.10. The average Bonchev–Trinajstić information content (AvgIpc) is 2.85. The van der Waals surface area contributed by atoms with E-state index in [1.807, 2.05) is 24.8 Å². The fourth-order valence-electron chi connectivity index (χ4n) is 3.31. The highest BCUT2D eigenvalue weighted by atomic mass is 79.9. The Morgan fingerprint density at radius 2 is 1.96 bits per heavy atom. The van der Waals surface area contributed by atoms with Crippen molar-refractivity contribution in [2.24, 2.45) is 12.0 Å². The van der Waals surface area contributed by atoms with Crippen LogP contribution in [-0.4, -0.2) is 35.4 Å². The van der Waals surface area contributed by atoms with Crippen molar-refractivity contribution in [1.82, 2.24) is 20.4 Å². The second-order valence-electron chi connectivity index (χ2n) is 7.81. The van der Waals surface area contributed by atoms with Gasteiger partial charge in [-0.25, -0.2) is 0 Å². The van der Waals surface area contributed by atoms with Crippen LogP contribution in [0.5, 0.6) is 0 Å². The Morgan fingerprint density at radius 1 is 1.30 bits per heavy atom. The fourth-order valence-corrected chi connectivity index (χ4v) is 4.13. The third-order valence-corrected chi connectivity index (χ3v) is 5.77. The van der Waals surface area contributed by atoms with Gasteiger partial charge in [-0.1, -0.05) is 48.0 Å². The molecular formula is C21H32BrN5. The zero-order chi connectivity index (χ0) is 20.2. The maximum Gasteiger partial charge on any atom is 0.191 e. The van der Waals surface area contributed by atoms with E-state index in [9.17, 15) is 0 Å². The van der Waals surface area contributed by atoms with E-state index in [1.165, 1.54) is 16.8 Å². The summed E-state index contributed by atoms with van der Waals surface area (Å²) in [5, 5.41) is 11.5. The summed E-state index contributed by atoms with van der Waals surface area (Å²) in [5.41, 5.74) is 4.88. The second-order valence-corrected chi connectivity index (χ2v) is 8.67. The Labute approximate surface area is 171 Å². The van der Waals surface area contributed by atoms with Gasteiger partial charge in [0.05, 0.1) is 5.69 Å². The van der Waals surface area contributed by atoms with Crippen molar-refractivity contribution in [3.63, 3.8) is 0 Å². The summed E-state index contributed by atoms with van der Waals surface area (Å²) < 4.78 is 3.08. The molecule has 0 aliphatic carbocycles. The smallest absolute Gasteiger partial charge is 0.191 e. The number of aliphatic imine (C=N–C) groups is 1. The molecule has 1 unspecified atom stereocenters. The van der Waals surface area contributed by atoms with Gasteiger partial charge in [-0.3, -0.25) is 9.67 Å². The Bertz CT molecular complexity index is 807. The van der Waals surface area contributed by atoms with Crippen LogP contribution in [0.2, 0.25) is 0 Å². The van der Waals surface area contributed by atoms with E-state index in [4.69, 9.17) is 0 Å². The van der Waals surface area contributed by atoms with Crippen LogP contribution < -0.4 is 10.6 Å². The summed E-state index contributed by atoms with van der Waals surface area (Å²) in [4.78, 5) is 4.40. The molecule has 0 amide bonds. The minimum absolute atomic E-state index is 0.0303. The number of benzene rings is 1. The molecule has 1 atom stereocenters. The van der Waals surface area contributed by atoms with Crippen molar-refractivity contribution in [3.8, 4) is 0 Å². The molecule has 0 saturated heterocycles. The number of aromatic nitrogens is 2.